The van der Waals surface area contributed by atoms with Gasteiger partial charge < -0.3 is 15.1 Å². The van der Waals surface area contributed by atoms with Crippen LogP contribution in [0.3, 0.4) is 0 Å². The van der Waals surface area contributed by atoms with Crippen molar-refractivity contribution in [2.24, 2.45) is 0 Å². The number of aromatic hydroxyl groups is 1. The smallest absolute Gasteiger partial charge is 0.227 e. The van der Waals surface area contributed by atoms with E-state index in [1.807, 2.05) is 0 Å². The van der Waals surface area contributed by atoms with Crippen LogP contribution in [0, 0.1) is 0 Å². The second-order valence-electron chi connectivity index (χ2n) is 4.39. The van der Waals surface area contributed by atoms with Gasteiger partial charge in [0.1, 0.15) is 5.75 Å². The largest absolute Gasteiger partial charge is 0.508 e. The Balaban J connectivity index is 1.96. The lowest BCUT2D eigenvalue weighted by atomic mass is 10.1. The van der Waals surface area contributed by atoms with E-state index in [0.717, 1.165) is 18.4 Å². The van der Waals surface area contributed by atoms with E-state index in [0.29, 0.717) is 19.0 Å². The maximum absolute atomic E-state index is 12.0. The highest BCUT2D eigenvalue weighted by Gasteiger charge is 2.31. The number of phenols is 1. The maximum atomic E-state index is 12.0. The van der Waals surface area contributed by atoms with Crippen LogP contribution in [0.4, 0.5) is 0 Å². The van der Waals surface area contributed by atoms with Gasteiger partial charge in [0.2, 0.25) is 5.91 Å². The van der Waals surface area contributed by atoms with E-state index in [-0.39, 0.29) is 18.3 Å². The molecule has 0 saturated heterocycles. The second kappa shape index (κ2) is 5.19. The van der Waals surface area contributed by atoms with Gasteiger partial charge in [-0.05, 0) is 30.5 Å². The molecule has 0 spiro atoms. The molecule has 0 unspecified atom stereocenters. The highest BCUT2D eigenvalue weighted by atomic mass is 16.3. The maximum Gasteiger partial charge on any atom is 0.227 e. The van der Waals surface area contributed by atoms with Crippen LogP contribution < -0.4 is 0 Å². The number of aliphatic hydroxyl groups is 1. The third-order valence-electron chi connectivity index (χ3n) is 2.94. The summed E-state index contributed by atoms with van der Waals surface area (Å²) < 4.78 is 0. The molecule has 1 fully saturated rings. The van der Waals surface area contributed by atoms with Gasteiger partial charge in [0.05, 0.1) is 13.0 Å². The first-order valence-corrected chi connectivity index (χ1v) is 5.89. The molecule has 2 rings (SSSR count). The van der Waals surface area contributed by atoms with E-state index >= 15 is 0 Å². The molecule has 1 aliphatic rings. The number of phenolic OH excluding ortho intramolecular Hbond substituents is 1. The topological polar surface area (TPSA) is 60.8 Å². The zero-order valence-corrected chi connectivity index (χ0v) is 9.67. The summed E-state index contributed by atoms with van der Waals surface area (Å²) in [6.07, 6.45) is 2.42. The summed E-state index contributed by atoms with van der Waals surface area (Å²) in [6, 6.07) is 6.98. The van der Waals surface area contributed by atoms with Crippen molar-refractivity contribution in [3.05, 3.63) is 29.8 Å². The molecule has 1 amide bonds. The summed E-state index contributed by atoms with van der Waals surface area (Å²) in [6.45, 7) is 0.430. The monoisotopic (exact) mass is 235 g/mol. The lowest BCUT2D eigenvalue weighted by molar-refractivity contribution is -0.131. The van der Waals surface area contributed by atoms with Crippen LogP contribution in [0.15, 0.2) is 24.3 Å². The predicted octanol–water partition coefficient (Wildman–Crippen LogP) is 0.918. The van der Waals surface area contributed by atoms with Gasteiger partial charge in [0, 0.05) is 12.6 Å². The first kappa shape index (κ1) is 11.9. The number of amides is 1. The number of hydrogen-bond donors (Lipinski definition) is 2. The van der Waals surface area contributed by atoms with Crippen LogP contribution in [0.5, 0.6) is 5.75 Å². The summed E-state index contributed by atoms with van der Waals surface area (Å²) in [5.74, 6) is 0.253. The number of hydrogen-bond acceptors (Lipinski definition) is 3. The van der Waals surface area contributed by atoms with Crippen molar-refractivity contribution in [1.82, 2.24) is 4.90 Å². The summed E-state index contributed by atoms with van der Waals surface area (Å²) >= 11 is 0. The van der Waals surface area contributed by atoms with Crippen molar-refractivity contribution in [1.29, 1.82) is 0 Å². The van der Waals surface area contributed by atoms with Crippen LogP contribution in [-0.2, 0) is 11.2 Å². The van der Waals surface area contributed by atoms with Gasteiger partial charge >= 0.3 is 0 Å². The SMILES string of the molecule is O=C(Cc1ccc(O)cc1)N(CCO)C1CC1. The van der Waals surface area contributed by atoms with Crippen LogP contribution in [0.25, 0.3) is 0 Å². The minimum atomic E-state index is 0.0117. The molecule has 0 aromatic heterocycles. The van der Waals surface area contributed by atoms with Crippen LogP contribution in [-0.4, -0.2) is 40.2 Å². The lowest BCUT2D eigenvalue weighted by Crippen LogP contribution is -2.36. The summed E-state index contributed by atoms with van der Waals surface area (Å²) in [4.78, 5) is 13.8. The molecule has 4 nitrogen and oxygen atoms in total. The van der Waals surface area contributed by atoms with Crippen molar-refractivity contribution in [2.75, 3.05) is 13.2 Å². The van der Waals surface area contributed by atoms with Crippen molar-refractivity contribution in [3.63, 3.8) is 0 Å². The van der Waals surface area contributed by atoms with Crippen LogP contribution >= 0.6 is 0 Å². The quantitative estimate of drug-likeness (QED) is 0.797. The third-order valence-corrected chi connectivity index (χ3v) is 2.94. The van der Waals surface area contributed by atoms with E-state index in [4.69, 9.17) is 10.2 Å². The molecule has 0 bridgehead atoms. The normalized spacial score (nSPS) is 14.6. The van der Waals surface area contributed by atoms with E-state index in [2.05, 4.69) is 0 Å². The molecule has 2 N–H and O–H groups in total. The van der Waals surface area contributed by atoms with Crippen LogP contribution in [0.2, 0.25) is 0 Å². The average molecular weight is 235 g/mol. The highest BCUT2D eigenvalue weighted by Crippen LogP contribution is 2.27. The van der Waals surface area contributed by atoms with Gasteiger partial charge in [-0.15, -0.1) is 0 Å². The van der Waals surface area contributed by atoms with E-state index in [1.54, 1.807) is 29.2 Å². The standard InChI is InChI=1S/C13H17NO3/c15-8-7-14(11-3-4-11)13(17)9-10-1-5-12(16)6-2-10/h1-2,5-6,11,15-16H,3-4,7-9H2. The molecule has 0 heterocycles. The molecule has 0 radical (unpaired) electrons. The Morgan fingerprint density at radius 1 is 1.29 bits per heavy atom. The van der Waals surface area contributed by atoms with Gasteiger partial charge in [0.15, 0.2) is 0 Å². The minimum Gasteiger partial charge on any atom is -0.508 e. The Labute approximate surface area is 100 Å². The molecular weight excluding hydrogens is 218 g/mol. The molecule has 92 valence electrons. The number of carbonyl (C=O) groups excluding carboxylic acids is 1. The molecule has 17 heavy (non-hydrogen) atoms. The van der Waals surface area contributed by atoms with Gasteiger partial charge in [-0.1, -0.05) is 12.1 Å². The third kappa shape index (κ3) is 3.20. The number of nitrogens with zero attached hydrogens (tertiary/aromatic N) is 1. The molecule has 0 aliphatic heterocycles. The number of aliphatic hydroxyl groups excluding tert-OH is 1. The van der Waals surface area contributed by atoms with Gasteiger partial charge in [-0.3, -0.25) is 4.79 Å². The first-order chi connectivity index (χ1) is 8.20. The Kier molecular flexibility index (Phi) is 3.64. The van der Waals surface area contributed by atoms with E-state index in [9.17, 15) is 4.79 Å². The average Bonchev–Trinajstić information content (AvgIpc) is 3.13. The molecule has 1 aromatic rings. The zero-order valence-electron chi connectivity index (χ0n) is 9.67. The van der Waals surface area contributed by atoms with Gasteiger partial charge in [0.25, 0.3) is 0 Å². The van der Waals surface area contributed by atoms with Crippen molar-refractivity contribution in [3.8, 4) is 5.75 Å². The van der Waals surface area contributed by atoms with Crippen LogP contribution in [0.1, 0.15) is 18.4 Å². The fraction of sp³-hybridized carbons (Fsp3) is 0.462. The lowest BCUT2D eigenvalue weighted by Gasteiger charge is -2.21. The van der Waals surface area contributed by atoms with E-state index < -0.39 is 0 Å². The van der Waals surface area contributed by atoms with Crippen molar-refractivity contribution in [2.45, 2.75) is 25.3 Å². The van der Waals surface area contributed by atoms with Gasteiger partial charge in [-0.2, -0.15) is 0 Å². The predicted molar refractivity (Wildman–Crippen MR) is 63.6 cm³/mol. The summed E-state index contributed by atoms with van der Waals surface area (Å²) in [5.41, 5.74) is 0.886. The Morgan fingerprint density at radius 3 is 2.47 bits per heavy atom. The first-order valence-electron chi connectivity index (χ1n) is 5.89. The molecule has 0 atom stereocenters. The van der Waals surface area contributed by atoms with E-state index in [1.165, 1.54) is 0 Å². The molecule has 4 heteroatoms. The van der Waals surface area contributed by atoms with Crippen molar-refractivity contribution < 1.29 is 15.0 Å². The Morgan fingerprint density at radius 2 is 1.94 bits per heavy atom. The fourth-order valence-electron chi connectivity index (χ4n) is 1.89. The molecule has 1 aromatic carbocycles. The minimum absolute atomic E-state index is 0.0117. The second-order valence-corrected chi connectivity index (χ2v) is 4.39. The van der Waals surface area contributed by atoms with Crippen molar-refractivity contribution >= 4 is 5.91 Å². The highest BCUT2D eigenvalue weighted by molar-refractivity contribution is 5.79. The number of rotatable bonds is 5. The summed E-state index contributed by atoms with van der Waals surface area (Å²) in [5, 5.41) is 18.1. The molecule has 1 saturated carbocycles. The number of carbonyl (C=O) groups is 1. The fourth-order valence-corrected chi connectivity index (χ4v) is 1.89. The Hall–Kier alpha value is -1.55. The molecular formula is C13H17NO3. The summed E-state index contributed by atoms with van der Waals surface area (Å²) in [7, 11) is 0. The molecule has 1 aliphatic carbocycles. The van der Waals surface area contributed by atoms with Gasteiger partial charge in [-0.25, -0.2) is 0 Å². The zero-order chi connectivity index (χ0) is 12.3. The number of benzene rings is 1. The Bertz CT molecular complexity index is 384.